The van der Waals surface area contributed by atoms with Gasteiger partial charge in [-0.2, -0.15) is 0 Å². The van der Waals surface area contributed by atoms with Gasteiger partial charge in [0, 0.05) is 37.2 Å². The topological polar surface area (TPSA) is 71.0 Å². The summed E-state index contributed by atoms with van der Waals surface area (Å²) in [5, 5.41) is 14.1. The minimum Gasteiger partial charge on any atom is -0.492 e. The summed E-state index contributed by atoms with van der Waals surface area (Å²) >= 11 is 6.19. The van der Waals surface area contributed by atoms with Gasteiger partial charge in [0.05, 0.1) is 24.4 Å². The molecular formula is C21H29ClN2O4. The van der Waals surface area contributed by atoms with Gasteiger partial charge in [-0.25, -0.2) is 0 Å². The predicted molar refractivity (Wildman–Crippen MR) is 107 cm³/mol. The molecule has 1 amide bonds. The fourth-order valence-corrected chi connectivity index (χ4v) is 4.70. The minimum absolute atomic E-state index is 0.0561. The molecule has 1 aromatic rings. The molecule has 0 radical (unpaired) electrons. The van der Waals surface area contributed by atoms with Crippen molar-refractivity contribution in [3.63, 3.8) is 0 Å². The van der Waals surface area contributed by atoms with Gasteiger partial charge in [0.15, 0.2) is 0 Å². The molecule has 7 heteroatoms. The molecule has 154 valence electrons. The fraction of sp³-hybridized carbons (Fsp3) is 0.667. The smallest absolute Gasteiger partial charge is 0.255 e. The number of hydrogen-bond donors (Lipinski definition) is 2. The van der Waals surface area contributed by atoms with E-state index in [0.717, 1.165) is 57.4 Å². The lowest BCUT2D eigenvalue weighted by Crippen LogP contribution is -2.49. The Morgan fingerprint density at radius 3 is 2.96 bits per heavy atom. The first kappa shape index (κ1) is 20.0. The number of nitrogens with one attached hydrogen (secondary N) is 1. The Morgan fingerprint density at radius 1 is 1.29 bits per heavy atom. The zero-order valence-corrected chi connectivity index (χ0v) is 16.9. The Bertz CT molecular complexity index is 708. The van der Waals surface area contributed by atoms with E-state index in [9.17, 15) is 9.90 Å². The van der Waals surface area contributed by atoms with Crippen LogP contribution in [0.5, 0.6) is 5.75 Å². The zero-order chi connectivity index (χ0) is 19.5. The highest BCUT2D eigenvalue weighted by Gasteiger charge is 2.30. The number of hydrogen-bond acceptors (Lipinski definition) is 5. The summed E-state index contributed by atoms with van der Waals surface area (Å²) in [6.07, 6.45) is 4.77. The van der Waals surface area contributed by atoms with Crippen molar-refractivity contribution in [3.05, 3.63) is 28.3 Å². The Morgan fingerprint density at radius 2 is 2.18 bits per heavy atom. The van der Waals surface area contributed by atoms with E-state index in [0.29, 0.717) is 42.1 Å². The van der Waals surface area contributed by atoms with Gasteiger partial charge in [0.2, 0.25) is 0 Å². The van der Waals surface area contributed by atoms with E-state index in [1.54, 1.807) is 6.07 Å². The summed E-state index contributed by atoms with van der Waals surface area (Å²) in [4.78, 5) is 15.0. The second-order valence-electron chi connectivity index (χ2n) is 8.11. The molecular weight excluding hydrogens is 380 g/mol. The number of nitrogens with zero attached hydrogens (tertiary/aromatic N) is 1. The van der Waals surface area contributed by atoms with Crippen molar-refractivity contribution in [1.82, 2.24) is 10.2 Å². The molecule has 0 saturated carbocycles. The standard InChI is InChI=1S/C21H29ClN2O4/c22-16-9-14-3-1-8-28-20(14)18(10-16)21(26)23-11-15-5-6-24(13-19(15)25)12-17-4-2-7-27-17/h9-10,15,17,19,25H,1-8,11-13H2,(H,23,26). The maximum absolute atomic E-state index is 12.8. The second kappa shape index (κ2) is 8.99. The third-order valence-electron chi connectivity index (χ3n) is 6.03. The van der Waals surface area contributed by atoms with Gasteiger partial charge in [-0.3, -0.25) is 9.69 Å². The number of ether oxygens (including phenoxy) is 2. The Kier molecular flexibility index (Phi) is 6.41. The number of carbonyl (C=O) groups is 1. The lowest BCUT2D eigenvalue weighted by Gasteiger charge is -2.37. The summed E-state index contributed by atoms with van der Waals surface area (Å²) in [5.74, 6) is 0.523. The molecule has 0 aromatic heterocycles. The number of rotatable bonds is 5. The SMILES string of the molecule is O=C(NCC1CCN(CC2CCCO2)CC1O)c1cc(Cl)cc2c1OCCC2. The molecule has 3 aliphatic heterocycles. The summed E-state index contributed by atoms with van der Waals surface area (Å²) < 4.78 is 11.4. The highest BCUT2D eigenvalue weighted by molar-refractivity contribution is 6.31. The average Bonchev–Trinajstić information content (AvgIpc) is 3.19. The van der Waals surface area contributed by atoms with Crippen LogP contribution in [0.1, 0.15) is 41.6 Å². The summed E-state index contributed by atoms with van der Waals surface area (Å²) in [5.41, 5.74) is 1.49. The van der Waals surface area contributed by atoms with Crippen molar-refractivity contribution < 1.29 is 19.4 Å². The van der Waals surface area contributed by atoms with Gasteiger partial charge in [-0.05, 0) is 56.3 Å². The van der Waals surface area contributed by atoms with Crippen LogP contribution < -0.4 is 10.1 Å². The zero-order valence-electron chi connectivity index (χ0n) is 16.2. The molecule has 0 spiro atoms. The molecule has 4 rings (SSSR count). The van der Waals surface area contributed by atoms with Crippen molar-refractivity contribution in [2.75, 3.05) is 39.4 Å². The Hall–Kier alpha value is -1.34. The first-order chi connectivity index (χ1) is 13.6. The van der Waals surface area contributed by atoms with Gasteiger partial charge in [-0.15, -0.1) is 0 Å². The van der Waals surface area contributed by atoms with E-state index in [4.69, 9.17) is 21.1 Å². The normalized spacial score (nSPS) is 27.9. The van der Waals surface area contributed by atoms with Crippen molar-refractivity contribution in [2.45, 2.75) is 44.3 Å². The van der Waals surface area contributed by atoms with E-state index >= 15 is 0 Å². The third kappa shape index (κ3) is 4.62. The Balaban J connectivity index is 1.31. The number of piperidine rings is 1. The predicted octanol–water partition coefficient (Wildman–Crippen LogP) is 2.26. The average molecular weight is 409 g/mol. The molecule has 2 saturated heterocycles. The van der Waals surface area contributed by atoms with Crippen LogP contribution in [0.4, 0.5) is 0 Å². The third-order valence-corrected chi connectivity index (χ3v) is 6.25. The molecule has 0 aliphatic carbocycles. The number of likely N-dealkylation sites (tertiary alicyclic amines) is 1. The molecule has 2 fully saturated rings. The molecule has 0 bridgehead atoms. The number of carbonyl (C=O) groups excluding carboxylic acids is 1. The van der Waals surface area contributed by atoms with Gasteiger partial charge >= 0.3 is 0 Å². The van der Waals surface area contributed by atoms with Crippen LogP contribution in [0.15, 0.2) is 12.1 Å². The largest absolute Gasteiger partial charge is 0.492 e. The monoisotopic (exact) mass is 408 g/mol. The maximum Gasteiger partial charge on any atom is 0.255 e. The fourth-order valence-electron chi connectivity index (χ4n) is 4.46. The van der Waals surface area contributed by atoms with E-state index in [1.807, 2.05) is 6.07 Å². The maximum atomic E-state index is 12.8. The number of amides is 1. The summed E-state index contributed by atoms with van der Waals surface area (Å²) in [6.45, 7) is 4.38. The molecule has 3 aliphatic rings. The van der Waals surface area contributed by atoms with Crippen molar-refractivity contribution in [1.29, 1.82) is 0 Å². The van der Waals surface area contributed by atoms with E-state index in [1.165, 1.54) is 0 Å². The highest BCUT2D eigenvalue weighted by Crippen LogP contribution is 2.32. The van der Waals surface area contributed by atoms with E-state index in [2.05, 4.69) is 10.2 Å². The van der Waals surface area contributed by atoms with E-state index < -0.39 is 6.10 Å². The van der Waals surface area contributed by atoms with Crippen LogP contribution >= 0.6 is 11.6 Å². The number of aryl methyl sites for hydroxylation is 1. The van der Waals surface area contributed by atoms with Crippen LogP contribution in [0.25, 0.3) is 0 Å². The molecule has 6 nitrogen and oxygen atoms in total. The number of β-amino-alcohol motifs (C(OH)–C–C–N with tert-alkyl or cyclic N) is 1. The van der Waals surface area contributed by atoms with Gasteiger partial charge < -0.3 is 19.9 Å². The molecule has 3 unspecified atom stereocenters. The number of benzene rings is 1. The van der Waals surface area contributed by atoms with Gasteiger partial charge in [-0.1, -0.05) is 11.6 Å². The highest BCUT2D eigenvalue weighted by atomic mass is 35.5. The lowest BCUT2D eigenvalue weighted by atomic mass is 9.93. The van der Waals surface area contributed by atoms with Crippen molar-refractivity contribution in [3.8, 4) is 5.75 Å². The van der Waals surface area contributed by atoms with Crippen LogP contribution in [-0.4, -0.2) is 67.5 Å². The van der Waals surface area contributed by atoms with Crippen molar-refractivity contribution in [2.24, 2.45) is 5.92 Å². The van der Waals surface area contributed by atoms with Crippen LogP contribution in [0, 0.1) is 5.92 Å². The van der Waals surface area contributed by atoms with Crippen LogP contribution in [0.2, 0.25) is 5.02 Å². The van der Waals surface area contributed by atoms with Gasteiger partial charge in [0.25, 0.3) is 5.91 Å². The second-order valence-corrected chi connectivity index (χ2v) is 8.55. The summed E-state index contributed by atoms with van der Waals surface area (Å²) in [6, 6.07) is 3.54. The number of aliphatic hydroxyl groups excluding tert-OH is 1. The minimum atomic E-state index is -0.444. The molecule has 3 atom stereocenters. The number of aliphatic hydroxyl groups is 1. The number of halogens is 1. The lowest BCUT2D eigenvalue weighted by molar-refractivity contribution is -0.00191. The van der Waals surface area contributed by atoms with Crippen LogP contribution in [0.3, 0.4) is 0 Å². The van der Waals surface area contributed by atoms with Crippen LogP contribution in [-0.2, 0) is 11.2 Å². The van der Waals surface area contributed by atoms with Crippen molar-refractivity contribution >= 4 is 17.5 Å². The first-order valence-electron chi connectivity index (χ1n) is 10.4. The summed E-state index contributed by atoms with van der Waals surface area (Å²) in [7, 11) is 0. The number of fused-ring (bicyclic) bond motifs is 1. The quantitative estimate of drug-likeness (QED) is 0.782. The molecule has 2 N–H and O–H groups in total. The molecule has 1 aromatic carbocycles. The van der Waals surface area contributed by atoms with Gasteiger partial charge in [0.1, 0.15) is 5.75 Å². The Labute approximate surface area is 171 Å². The molecule has 3 heterocycles. The van der Waals surface area contributed by atoms with E-state index in [-0.39, 0.29) is 11.8 Å². The first-order valence-corrected chi connectivity index (χ1v) is 10.7. The molecule has 28 heavy (non-hydrogen) atoms.